The quantitative estimate of drug-likeness (QED) is 0.823. The third-order valence-electron chi connectivity index (χ3n) is 5.35. The zero-order valence-corrected chi connectivity index (χ0v) is 14.9. The highest BCUT2D eigenvalue weighted by molar-refractivity contribution is 6.30. The Bertz CT molecular complexity index is 726. The van der Waals surface area contributed by atoms with E-state index in [2.05, 4.69) is 14.8 Å². The number of piperidine rings is 3. The summed E-state index contributed by atoms with van der Waals surface area (Å²) in [5.74, 6) is 1.58. The van der Waals surface area contributed by atoms with Gasteiger partial charge in [-0.1, -0.05) is 29.8 Å². The lowest BCUT2D eigenvalue weighted by Crippen LogP contribution is -2.59. The van der Waals surface area contributed by atoms with Crippen LogP contribution in [-0.2, 0) is 11.3 Å². The molecule has 0 N–H and O–H groups in total. The number of anilines is 1. The molecule has 2 bridgehead atoms. The Hall–Kier alpha value is -1.91. The van der Waals surface area contributed by atoms with Gasteiger partial charge in [-0.2, -0.15) is 0 Å². The maximum atomic E-state index is 12.7. The summed E-state index contributed by atoms with van der Waals surface area (Å²) in [6.45, 7) is 3.49. The standard InChI is InChI=1S/C20H22ClN3O/c21-17-6-4-15(5-7-17)13-24(19-3-1-2-10-22-19)14-18-20(25)16-8-11-23(18)12-9-16/h1-7,10,16,18H,8-9,11-14H2. The number of ketones is 1. The van der Waals surface area contributed by atoms with E-state index in [0.29, 0.717) is 12.3 Å². The molecule has 0 amide bonds. The highest BCUT2D eigenvalue weighted by Crippen LogP contribution is 2.30. The highest BCUT2D eigenvalue weighted by Gasteiger charge is 2.41. The second-order valence-electron chi connectivity index (χ2n) is 6.92. The molecular weight excluding hydrogens is 334 g/mol. The van der Waals surface area contributed by atoms with Crippen molar-refractivity contribution in [2.24, 2.45) is 5.92 Å². The topological polar surface area (TPSA) is 36.4 Å². The van der Waals surface area contributed by atoms with E-state index in [4.69, 9.17) is 11.6 Å². The predicted molar refractivity (Wildman–Crippen MR) is 99.8 cm³/mol. The minimum atomic E-state index is -0.0122. The summed E-state index contributed by atoms with van der Waals surface area (Å²) in [4.78, 5) is 21.8. The first-order valence-electron chi connectivity index (χ1n) is 8.89. The molecule has 4 heterocycles. The normalized spacial score (nSPS) is 25.2. The molecule has 5 rings (SSSR count). The van der Waals surface area contributed by atoms with Crippen molar-refractivity contribution in [2.75, 3.05) is 24.5 Å². The fraction of sp³-hybridized carbons (Fsp3) is 0.400. The first-order chi connectivity index (χ1) is 12.2. The molecular formula is C20H22ClN3O. The lowest BCUT2D eigenvalue weighted by atomic mass is 9.82. The van der Waals surface area contributed by atoms with Crippen LogP contribution in [0.2, 0.25) is 5.02 Å². The summed E-state index contributed by atoms with van der Waals surface area (Å²) in [7, 11) is 0. The molecule has 0 aliphatic carbocycles. The van der Waals surface area contributed by atoms with Gasteiger partial charge in [0.2, 0.25) is 0 Å². The van der Waals surface area contributed by atoms with Gasteiger partial charge in [-0.15, -0.1) is 0 Å². The Morgan fingerprint density at radius 1 is 1.12 bits per heavy atom. The van der Waals surface area contributed by atoms with Crippen LogP contribution in [0.3, 0.4) is 0 Å². The first kappa shape index (κ1) is 16.6. The van der Waals surface area contributed by atoms with E-state index in [9.17, 15) is 4.79 Å². The average Bonchev–Trinajstić information content (AvgIpc) is 2.66. The van der Waals surface area contributed by atoms with E-state index < -0.39 is 0 Å². The summed E-state index contributed by atoms with van der Waals surface area (Å²) in [5, 5.41) is 0.735. The van der Waals surface area contributed by atoms with Crippen LogP contribution in [0.4, 0.5) is 5.82 Å². The van der Waals surface area contributed by atoms with E-state index in [1.165, 1.54) is 5.56 Å². The number of rotatable bonds is 5. The van der Waals surface area contributed by atoms with Gasteiger partial charge in [0.1, 0.15) is 5.82 Å². The van der Waals surface area contributed by atoms with Crippen LogP contribution in [0.15, 0.2) is 48.7 Å². The minimum absolute atomic E-state index is 0.0122. The lowest BCUT2D eigenvalue weighted by Gasteiger charge is -2.45. The van der Waals surface area contributed by atoms with Gasteiger partial charge in [0.05, 0.1) is 6.04 Å². The number of hydrogen-bond acceptors (Lipinski definition) is 4. The van der Waals surface area contributed by atoms with Gasteiger partial charge in [-0.25, -0.2) is 4.98 Å². The van der Waals surface area contributed by atoms with E-state index in [1.54, 1.807) is 6.20 Å². The molecule has 0 radical (unpaired) electrons. The molecule has 3 fully saturated rings. The van der Waals surface area contributed by atoms with Crippen molar-refractivity contribution in [1.29, 1.82) is 0 Å². The van der Waals surface area contributed by atoms with Crippen LogP contribution < -0.4 is 4.90 Å². The van der Waals surface area contributed by atoms with Gasteiger partial charge in [0.25, 0.3) is 0 Å². The molecule has 1 aromatic heterocycles. The fourth-order valence-corrected chi connectivity index (χ4v) is 4.08. The third kappa shape index (κ3) is 3.55. The number of Topliss-reactive ketones (excluding diaryl/α,β-unsaturated/α-hetero) is 1. The van der Waals surface area contributed by atoms with Crippen LogP contribution >= 0.6 is 11.6 Å². The smallest absolute Gasteiger partial charge is 0.154 e. The van der Waals surface area contributed by atoms with E-state index in [0.717, 1.165) is 43.3 Å². The summed E-state index contributed by atoms with van der Waals surface area (Å²) < 4.78 is 0. The Labute approximate surface area is 153 Å². The van der Waals surface area contributed by atoms with Gasteiger partial charge in [-0.05, 0) is 55.8 Å². The molecule has 3 aliphatic heterocycles. The number of hydrogen-bond donors (Lipinski definition) is 0. The van der Waals surface area contributed by atoms with Crippen molar-refractivity contribution in [3.05, 3.63) is 59.2 Å². The maximum absolute atomic E-state index is 12.7. The third-order valence-corrected chi connectivity index (χ3v) is 5.61. The summed E-state index contributed by atoms with van der Waals surface area (Å²) in [6, 6.07) is 13.8. The maximum Gasteiger partial charge on any atom is 0.154 e. The number of pyridine rings is 1. The molecule has 4 nitrogen and oxygen atoms in total. The molecule has 5 heteroatoms. The molecule has 3 aliphatic rings. The van der Waals surface area contributed by atoms with Crippen molar-refractivity contribution >= 4 is 23.2 Å². The number of halogens is 1. The molecule has 0 spiro atoms. The molecule has 130 valence electrons. The molecule has 2 aromatic rings. The molecule has 25 heavy (non-hydrogen) atoms. The van der Waals surface area contributed by atoms with Crippen molar-refractivity contribution in [3.63, 3.8) is 0 Å². The molecule has 1 atom stereocenters. The van der Waals surface area contributed by atoms with E-state index >= 15 is 0 Å². The highest BCUT2D eigenvalue weighted by atomic mass is 35.5. The van der Waals surface area contributed by atoms with Crippen LogP contribution in [0.5, 0.6) is 0 Å². The van der Waals surface area contributed by atoms with Crippen molar-refractivity contribution in [3.8, 4) is 0 Å². The second kappa shape index (κ2) is 7.14. The van der Waals surface area contributed by atoms with Crippen LogP contribution in [-0.4, -0.2) is 41.3 Å². The van der Waals surface area contributed by atoms with Gasteiger partial charge in [-0.3, -0.25) is 9.69 Å². The number of carbonyl (C=O) groups is 1. The average molecular weight is 356 g/mol. The minimum Gasteiger partial charge on any atom is -0.350 e. The largest absolute Gasteiger partial charge is 0.350 e. The van der Waals surface area contributed by atoms with E-state index in [1.807, 2.05) is 42.5 Å². The van der Waals surface area contributed by atoms with Gasteiger partial charge in [0.15, 0.2) is 5.78 Å². The molecule has 0 saturated carbocycles. The van der Waals surface area contributed by atoms with Gasteiger partial charge in [0, 0.05) is 30.2 Å². The fourth-order valence-electron chi connectivity index (χ4n) is 3.95. The van der Waals surface area contributed by atoms with Crippen LogP contribution in [0.1, 0.15) is 18.4 Å². The first-order valence-corrected chi connectivity index (χ1v) is 9.27. The molecule has 1 aromatic carbocycles. The molecule has 3 saturated heterocycles. The molecule has 1 unspecified atom stereocenters. The van der Waals surface area contributed by atoms with Gasteiger partial charge >= 0.3 is 0 Å². The number of carbonyl (C=O) groups excluding carboxylic acids is 1. The number of benzene rings is 1. The summed E-state index contributed by atoms with van der Waals surface area (Å²) in [5.41, 5.74) is 1.17. The zero-order chi connectivity index (χ0) is 17.2. The van der Waals surface area contributed by atoms with Crippen molar-refractivity contribution < 1.29 is 4.79 Å². The van der Waals surface area contributed by atoms with E-state index in [-0.39, 0.29) is 12.0 Å². The lowest BCUT2D eigenvalue weighted by molar-refractivity contribution is -0.136. The Morgan fingerprint density at radius 3 is 2.52 bits per heavy atom. The summed E-state index contributed by atoms with van der Waals surface area (Å²) in [6.07, 6.45) is 3.85. The number of aromatic nitrogens is 1. The van der Waals surface area contributed by atoms with Crippen molar-refractivity contribution in [2.45, 2.75) is 25.4 Å². The van der Waals surface area contributed by atoms with Crippen LogP contribution in [0, 0.1) is 5.92 Å². The zero-order valence-electron chi connectivity index (χ0n) is 14.1. The second-order valence-corrected chi connectivity index (χ2v) is 7.36. The Balaban J connectivity index is 1.57. The van der Waals surface area contributed by atoms with Gasteiger partial charge < -0.3 is 4.90 Å². The summed E-state index contributed by atoms with van der Waals surface area (Å²) >= 11 is 6.01. The Morgan fingerprint density at radius 2 is 1.88 bits per heavy atom. The number of fused-ring (bicyclic) bond motifs is 3. The predicted octanol–water partition coefficient (Wildman–Crippen LogP) is 3.40. The number of nitrogens with zero attached hydrogens (tertiary/aromatic N) is 3. The van der Waals surface area contributed by atoms with Crippen LogP contribution in [0.25, 0.3) is 0 Å². The Kier molecular flexibility index (Phi) is 4.73. The monoisotopic (exact) mass is 355 g/mol. The van der Waals surface area contributed by atoms with Crippen molar-refractivity contribution in [1.82, 2.24) is 9.88 Å². The SMILES string of the molecule is O=C1C2CCN(CC2)C1CN(Cc1ccc(Cl)cc1)c1ccccn1.